The maximum Gasteiger partial charge on any atom is 0.306 e. The molecule has 0 aliphatic rings. The first-order chi connectivity index (χ1) is 11.5. The minimum absolute atomic E-state index is 0.133. The van der Waals surface area contributed by atoms with E-state index in [4.69, 9.17) is 14.2 Å². The third-order valence-corrected chi connectivity index (χ3v) is 3.15. The third kappa shape index (κ3) is 10.0. The molecule has 0 amide bonds. The number of hydrogen-bond acceptors (Lipinski definition) is 6. The average Bonchev–Trinajstić information content (AvgIpc) is 2.52. The summed E-state index contributed by atoms with van der Waals surface area (Å²) in [4.78, 5) is 35.2. The Morgan fingerprint density at radius 3 is 1.75 bits per heavy atom. The average molecular weight is 342 g/mol. The van der Waals surface area contributed by atoms with Crippen LogP contribution in [0.1, 0.15) is 65.7 Å². The lowest BCUT2D eigenvalue weighted by Crippen LogP contribution is -2.39. The monoisotopic (exact) mass is 342 g/mol. The van der Waals surface area contributed by atoms with Crippen molar-refractivity contribution in [1.82, 2.24) is 0 Å². The Balaban J connectivity index is 4.96. The molecule has 6 nitrogen and oxygen atoms in total. The zero-order chi connectivity index (χ0) is 18.4. The Morgan fingerprint density at radius 2 is 1.29 bits per heavy atom. The van der Waals surface area contributed by atoms with Crippen molar-refractivity contribution in [3.8, 4) is 0 Å². The first-order valence-corrected chi connectivity index (χ1v) is 8.63. The maximum atomic E-state index is 11.8. The van der Waals surface area contributed by atoms with Crippen LogP contribution in [0.25, 0.3) is 0 Å². The van der Waals surface area contributed by atoms with Gasteiger partial charge in [0.1, 0.15) is 12.7 Å². The van der Waals surface area contributed by atoms with Gasteiger partial charge in [0.2, 0.25) is 0 Å². The SMILES string of the molecule is C=CCC(OC(=O)CCC)C(COC(=O)CCC)OC(=O)CCC. The summed E-state index contributed by atoms with van der Waals surface area (Å²) in [6.07, 6.45) is 3.14. The van der Waals surface area contributed by atoms with Crippen molar-refractivity contribution < 1.29 is 28.6 Å². The van der Waals surface area contributed by atoms with E-state index in [1.807, 2.05) is 20.8 Å². The number of rotatable bonds is 13. The molecule has 0 saturated heterocycles. The number of ether oxygens (including phenoxy) is 3. The molecule has 0 aliphatic carbocycles. The van der Waals surface area contributed by atoms with E-state index in [9.17, 15) is 14.4 Å². The fraction of sp³-hybridized carbons (Fsp3) is 0.722. The summed E-state index contributed by atoms with van der Waals surface area (Å²) in [6.45, 7) is 9.10. The van der Waals surface area contributed by atoms with E-state index < -0.39 is 18.2 Å². The van der Waals surface area contributed by atoms with Crippen LogP contribution in [0.5, 0.6) is 0 Å². The molecule has 0 aromatic rings. The quantitative estimate of drug-likeness (QED) is 0.290. The molecule has 0 aromatic heterocycles. The fourth-order valence-electron chi connectivity index (χ4n) is 1.97. The van der Waals surface area contributed by atoms with Gasteiger partial charge in [-0.05, 0) is 19.3 Å². The van der Waals surface area contributed by atoms with Gasteiger partial charge in [0.25, 0.3) is 0 Å². The molecule has 2 unspecified atom stereocenters. The van der Waals surface area contributed by atoms with Crippen molar-refractivity contribution in [2.75, 3.05) is 6.61 Å². The molecule has 6 heteroatoms. The smallest absolute Gasteiger partial charge is 0.306 e. The van der Waals surface area contributed by atoms with Gasteiger partial charge in [-0.2, -0.15) is 0 Å². The molecule has 0 radical (unpaired) electrons. The molecule has 24 heavy (non-hydrogen) atoms. The van der Waals surface area contributed by atoms with E-state index in [1.165, 1.54) is 0 Å². The van der Waals surface area contributed by atoms with Crippen molar-refractivity contribution in [2.45, 2.75) is 77.9 Å². The van der Waals surface area contributed by atoms with Gasteiger partial charge in [-0.1, -0.05) is 26.8 Å². The van der Waals surface area contributed by atoms with Gasteiger partial charge in [0.05, 0.1) is 0 Å². The van der Waals surface area contributed by atoms with E-state index in [1.54, 1.807) is 6.08 Å². The second-order valence-electron chi connectivity index (χ2n) is 5.51. The zero-order valence-electron chi connectivity index (χ0n) is 15.0. The van der Waals surface area contributed by atoms with E-state index in [0.29, 0.717) is 25.7 Å². The molecule has 0 heterocycles. The number of carbonyl (C=O) groups is 3. The van der Waals surface area contributed by atoms with Gasteiger partial charge in [-0.3, -0.25) is 14.4 Å². The first-order valence-electron chi connectivity index (χ1n) is 8.63. The minimum atomic E-state index is -0.830. The molecule has 0 N–H and O–H groups in total. The lowest BCUT2D eigenvalue weighted by atomic mass is 10.1. The lowest BCUT2D eigenvalue weighted by molar-refractivity contribution is -0.175. The van der Waals surface area contributed by atoms with Crippen molar-refractivity contribution in [3.63, 3.8) is 0 Å². The number of carbonyl (C=O) groups excluding carboxylic acids is 3. The normalized spacial score (nSPS) is 12.8. The molecule has 138 valence electrons. The second kappa shape index (κ2) is 13.6. The van der Waals surface area contributed by atoms with Crippen molar-refractivity contribution in [2.24, 2.45) is 0 Å². The van der Waals surface area contributed by atoms with Crippen LogP contribution in [-0.2, 0) is 28.6 Å². The molecule has 0 fully saturated rings. The van der Waals surface area contributed by atoms with Crippen LogP contribution in [-0.4, -0.2) is 36.7 Å². The van der Waals surface area contributed by atoms with Gasteiger partial charge >= 0.3 is 17.9 Å². The molecule has 0 rings (SSSR count). The van der Waals surface area contributed by atoms with Gasteiger partial charge in [-0.15, -0.1) is 6.58 Å². The minimum Gasteiger partial charge on any atom is -0.462 e. The second-order valence-corrected chi connectivity index (χ2v) is 5.51. The third-order valence-electron chi connectivity index (χ3n) is 3.15. The Kier molecular flexibility index (Phi) is 12.5. The van der Waals surface area contributed by atoms with Crippen molar-refractivity contribution in [3.05, 3.63) is 12.7 Å². The number of hydrogen-bond donors (Lipinski definition) is 0. The van der Waals surface area contributed by atoms with Crippen LogP contribution < -0.4 is 0 Å². The van der Waals surface area contributed by atoms with E-state index in [0.717, 1.165) is 0 Å². The number of esters is 3. The summed E-state index contributed by atoms with van der Waals surface area (Å²) < 4.78 is 15.9. The van der Waals surface area contributed by atoms with Crippen LogP contribution in [0.4, 0.5) is 0 Å². The molecule has 2 atom stereocenters. The summed E-state index contributed by atoms with van der Waals surface area (Å²) in [5.41, 5.74) is 0. The highest BCUT2D eigenvalue weighted by molar-refractivity contribution is 5.71. The fourth-order valence-corrected chi connectivity index (χ4v) is 1.97. The van der Waals surface area contributed by atoms with Crippen molar-refractivity contribution >= 4 is 17.9 Å². The van der Waals surface area contributed by atoms with Gasteiger partial charge < -0.3 is 14.2 Å². The molecule has 0 aliphatic heterocycles. The van der Waals surface area contributed by atoms with Crippen molar-refractivity contribution in [1.29, 1.82) is 0 Å². The lowest BCUT2D eigenvalue weighted by Gasteiger charge is -2.26. The van der Waals surface area contributed by atoms with E-state index in [-0.39, 0.29) is 37.8 Å². The zero-order valence-corrected chi connectivity index (χ0v) is 15.0. The summed E-state index contributed by atoms with van der Waals surface area (Å²) in [5.74, 6) is -1.15. The van der Waals surface area contributed by atoms with Crippen LogP contribution in [0.2, 0.25) is 0 Å². The molecule has 0 saturated carbocycles. The Morgan fingerprint density at radius 1 is 0.833 bits per heavy atom. The highest BCUT2D eigenvalue weighted by atomic mass is 16.6. The Labute approximate surface area is 144 Å². The van der Waals surface area contributed by atoms with E-state index in [2.05, 4.69) is 6.58 Å². The van der Waals surface area contributed by atoms with Gasteiger partial charge in [-0.25, -0.2) is 0 Å². The predicted octanol–water partition coefficient (Wildman–Crippen LogP) is 3.33. The summed E-state index contributed by atoms with van der Waals surface area (Å²) in [6, 6.07) is 0. The predicted molar refractivity (Wildman–Crippen MR) is 90.3 cm³/mol. The largest absolute Gasteiger partial charge is 0.462 e. The summed E-state index contributed by atoms with van der Waals surface area (Å²) >= 11 is 0. The van der Waals surface area contributed by atoms with E-state index >= 15 is 0 Å². The highest BCUT2D eigenvalue weighted by Crippen LogP contribution is 2.14. The summed E-state index contributed by atoms with van der Waals surface area (Å²) in [7, 11) is 0. The van der Waals surface area contributed by atoms with Crippen LogP contribution >= 0.6 is 0 Å². The summed E-state index contributed by atoms with van der Waals surface area (Å²) in [5, 5.41) is 0. The van der Waals surface area contributed by atoms with Crippen LogP contribution in [0, 0.1) is 0 Å². The first kappa shape index (κ1) is 22.1. The van der Waals surface area contributed by atoms with Gasteiger partial charge in [0.15, 0.2) is 6.10 Å². The standard InChI is InChI=1S/C18H30O6/c1-5-9-14(23-17(20)11-7-3)15(24-18(21)12-8-4)13-22-16(19)10-6-2/h5,14-15H,1,6-13H2,2-4H3. The molecule has 0 spiro atoms. The highest BCUT2D eigenvalue weighted by Gasteiger charge is 2.29. The van der Waals surface area contributed by atoms with Crippen LogP contribution in [0.3, 0.4) is 0 Å². The molecule has 0 aromatic carbocycles. The molecular formula is C18H30O6. The molecule has 0 bridgehead atoms. The molecular weight excluding hydrogens is 312 g/mol. The maximum absolute atomic E-state index is 11.8. The Bertz CT molecular complexity index is 404. The van der Waals surface area contributed by atoms with Crippen LogP contribution in [0.15, 0.2) is 12.7 Å². The van der Waals surface area contributed by atoms with Gasteiger partial charge in [0, 0.05) is 25.7 Å². The Hall–Kier alpha value is -1.85. The topological polar surface area (TPSA) is 78.9 Å².